The number of ether oxygens (including phenoxy) is 2. The Morgan fingerprint density at radius 1 is 1.33 bits per heavy atom. The molecule has 18 heavy (non-hydrogen) atoms. The summed E-state index contributed by atoms with van der Waals surface area (Å²) in [6.07, 6.45) is 6.50. The SMILES string of the molecule is O=COCc1cnc(C2CC2)c(OCC2CC2)n1. The molecule has 0 radical (unpaired) electrons. The molecular weight excluding hydrogens is 232 g/mol. The lowest BCUT2D eigenvalue weighted by Crippen LogP contribution is -2.07. The van der Waals surface area contributed by atoms with Gasteiger partial charge < -0.3 is 9.47 Å². The van der Waals surface area contributed by atoms with Crippen molar-refractivity contribution in [1.82, 2.24) is 9.97 Å². The maximum Gasteiger partial charge on any atom is 0.293 e. The van der Waals surface area contributed by atoms with Gasteiger partial charge in [0, 0.05) is 5.92 Å². The summed E-state index contributed by atoms with van der Waals surface area (Å²) < 4.78 is 10.5. The van der Waals surface area contributed by atoms with Crippen molar-refractivity contribution >= 4 is 6.47 Å². The van der Waals surface area contributed by atoms with Crippen molar-refractivity contribution in [2.75, 3.05) is 6.61 Å². The van der Waals surface area contributed by atoms with E-state index >= 15 is 0 Å². The van der Waals surface area contributed by atoms with Crippen LogP contribution in [0.5, 0.6) is 5.88 Å². The largest absolute Gasteiger partial charge is 0.476 e. The normalized spacial score (nSPS) is 18.4. The minimum absolute atomic E-state index is 0.154. The molecule has 0 spiro atoms. The predicted octanol–water partition coefficient (Wildman–Crippen LogP) is 1.82. The van der Waals surface area contributed by atoms with Crippen molar-refractivity contribution in [2.24, 2.45) is 5.92 Å². The molecule has 2 fully saturated rings. The topological polar surface area (TPSA) is 61.3 Å². The molecule has 0 bridgehead atoms. The first kappa shape index (κ1) is 11.4. The van der Waals surface area contributed by atoms with E-state index in [1.54, 1.807) is 6.20 Å². The van der Waals surface area contributed by atoms with Crippen LogP contribution in [-0.2, 0) is 16.1 Å². The zero-order valence-electron chi connectivity index (χ0n) is 10.2. The fourth-order valence-corrected chi connectivity index (χ4v) is 1.83. The maximum atomic E-state index is 10.2. The first-order valence-electron chi connectivity index (χ1n) is 6.40. The predicted molar refractivity (Wildman–Crippen MR) is 63.1 cm³/mol. The van der Waals surface area contributed by atoms with E-state index in [9.17, 15) is 4.79 Å². The van der Waals surface area contributed by atoms with Gasteiger partial charge in [-0.15, -0.1) is 0 Å². The number of rotatable bonds is 7. The summed E-state index contributed by atoms with van der Waals surface area (Å²) >= 11 is 0. The van der Waals surface area contributed by atoms with Crippen LogP contribution >= 0.6 is 0 Å². The Kier molecular flexibility index (Phi) is 3.13. The van der Waals surface area contributed by atoms with Gasteiger partial charge >= 0.3 is 0 Å². The summed E-state index contributed by atoms with van der Waals surface area (Å²) in [7, 11) is 0. The van der Waals surface area contributed by atoms with Crippen LogP contribution in [0.25, 0.3) is 0 Å². The molecule has 0 aliphatic heterocycles. The number of carbonyl (C=O) groups excluding carboxylic acids is 1. The van der Waals surface area contributed by atoms with Gasteiger partial charge in [0.2, 0.25) is 5.88 Å². The van der Waals surface area contributed by atoms with Gasteiger partial charge in [0.15, 0.2) is 0 Å². The summed E-state index contributed by atoms with van der Waals surface area (Å²) in [5, 5.41) is 0. The second-order valence-electron chi connectivity index (χ2n) is 4.99. The lowest BCUT2D eigenvalue weighted by atomic mass is 10.3. The van der Waals surface area contributed by atoms with Gasteiger partial charge in [-0.25, -0.2) is 4.98 Å². The van der Waals surface area contributed by atoms with Crippen molar-refractivity contribution in [2.45, 2.75) is 38.2 Å². The molecule has 1 aromatic rings. The van der Waals surface area contributed by atoms with Crippen LogP contribution in [0.1, 0.15) is 43.0 Å². The maximum absolute atomic E-state index is 10.2. The van der Waals surface area contributed by atoms with E-state index in [1.807, 2.05) is 0 Å². The van der Waals surface area contributed by atoms with Crippen molar-refractivity contribution in [3.05, 3.63) is 17.6 Å². The van der Waals surface area contributed by atoms with E-state index in [1.165, 1.54) is 25.7 Å². The fraction of sp³-hybridized carbons (Fsp3) is 0.615. The highest BCUT2D eigenvalue weighted by atomic mass is 16.5. The molecule has 5 heteroatoms. The highest BCUT2D eigenvalue weighted by molar-refractivity contribution is 5.37. The number of hydrogen-bond donors (Lipinski definition) is 0. The minimum atomic E-state index is 0.154. The average Bonchev–Trinajstić information content (AvgIpc) is 3.27. The molecule has 2 saturated carbocycles. The third-order valence-electron chi connectivity index (χ3n) is 3.23. The zero-order chi connectivity index (χ0) is 12.4. The molecule has 0 aromatic carbocycles. The van der Waals surface area contributed by atoms with E-state index in [4.69, 9.17) is 4.74 Å². The highest BCUT2D eigenvalue weighted by Gasteiger charge is 2.30. The summed E-state index contributed by atoms with van der Waals surface area (Å²) in [5.74, 6) is 1.83. The first-order valence-corrected chi connectivity index (χ1v) is 6.40. The van der Waals surface area contributed by atoms with Gasteiger partial charge in [0.1, 0.15) is 18.0 Å². The third-order valence-corrected chi connectivity index (χ3v) is 3.23. The number of aromatic nitrogens is 2. The van der Waals surface area contributed by atoms with E-state index < -0.39 is 0 Å². The van der Waals surface area contributed by atoms with Gasteiger partial charge in [-0.3, -0.25) is 9.78 Å². The summed E-state index contributed by atoms with van der Waals surface area (Å²) in [4.78, 5) is 19.0. The Hall–Kier alpha value is -1.65. The second kappa shape index (κ2) is 4.92. The Morgan fingerprint density at radius 2 is 2.17 bits per heavy atom. The fourth-order valence-electron chi connectivity index (χ4n) is 1.83. The summed E-state index contributed by atoms with van der Waals surface area (Å²) in [6, 6.07) is 0. The van der Waals surface area contributed by atoms with Crippen LogP contribution in [-0.4, -0.2) is 23.0 Å². The quantitative estimate of drug-likeness (QED) is 0.689. The zero-order valence-corrected chi connectivity index (χ0v) is 10.2. The van der Waals surface area contributed by atoms with Crippen LogP contribution in [0, 0.1) is 5.92 Å². The van der Waals surface area contributed by atoms with Crippen LogP contribution in [0.2, 0.25) is 0 Å². The van der Waals surface area contributed by atoms with Gasteiger partial charge in [0.25, 0.3) is 6.47 Å². The number of carbonyl (C=O) groups is 1. The van der Waals surface area contributed by atoms with Crippen molar-refractivity contribution in [3.63, 3.8) is 0 Å². The van der Waals surface area contributed by atoms with Gasteiger partial charge in [-0.05, 0) is 31.6 Å². The van der Waals surface area contributed by atoms with Crippen LogP contribution in [0.3, 0.4) is 0 Å². The Bertz CT molecular complexity index is 442. The highest BCUT2D eigenvalue weighted by Crippen LogP contribution is 2.42. The smallest absolute Gasteiger partial charge is 0.293 e. The lowest BCUT2D eigenvalue weighted by molar-refractivity contribution is -0.129. The van der Waals surface area contributed by atoms with Gasteiger partial charge in [0.05, 0.1) is 12.8 Å². The number of nitrogens with zero attached hydrogens (tertiary/aromatic N) is 2. The van der Waals surface area contributed by atoms with E-state index in [0.717, 1.165) is 12.3 Å². The van der Waals surface area contributed by atoms with Gasteiger partial charge in [-0.1, -0.05) is 0 Å². The second-order valence-corrected chi connectivity index (χ2v) is 4.99. The van der Waals surface area contributed by atoms with Crippen LogP contribution in [0.4, 0.5) is 0 Å². The van der Waals surface area contributed by atoms with Crippen molar-refractivity contribution < 1.29 is 14.3 Å². The van der Waals surface area contributed by atoms with E-state index in [0.29, 0.717) is 29.9 Å². The molecule has 0 saturated heterocycles. The van der Waals surface area contributed by atoms with Crippen molar-refractivity contribution in [1.29, 1.82) is 0 Å². The van der Waals surface area contributed by atoms with Crippen molar-refractivity contribution in [3.8, 4) is 5.88 Å². The standard InChI is InChI=1S/C13H16N2O3/c16-8-17-7-11-5-14-12(10-3-4-10)13(15-11)18-6-9-1-2-9/h5,8-10H,1-4,6-7H2. The molecule has 2 aliphatic rings. The molecular formula is C13H16N2O3. The third kappa shape index (κ3) is 2.78. The molecule has 0 atom stereocenters. The molecule has 0 amide bonds. The molecule has 2 aliphatic carbocycles. The summed E-state index contributed by atoms with van der Waals surface area (Å²) in [6.45, 7) is 1.30. The van der Waals surface area contributed by atoms with Crippen LogP contribution in [0.15, 0.2) is 6.20 Å². The first-order chi connectivity index (χ1) is 8.86. The Morgan fingerprint density at radius 3 is 2.83 bits per heavy atom. The monoisotopic (exact) mass is 248 g/mol. The molecule has 1 heterocycles. The molecule has 96 valence electrons. The van der Waals surface area contributed by atoms with Crippen LogP contribution < -0.4 is 4.74 Å². The number of hydrogen-bond acceptors (Lipinski definition) is 5. The average molecular weight is 248 g/mol. The molecule has 5 nitrogen and oxygen atoms in total. The molecule has 0 N–H and O–H groups in total. The lowest BCUT2D eigenvalue weighted by Gasteiger charge is -2.10. The van der Waals surface area contributed by atoms with E-state index in [-0.39, 0.29) is 6.61 Å². The Labute approximate surface area is 106 Å². The van der Waals surface area contributed by atoms with Gasteiger partial charge in [-0.2, -0.15) is 0 Å². The summed E-state index contributed by atoms with van der Waals surface area (Å²) in [5.41, 5.74) is 1.60. The minimum Gasteiger partial charge on any atom is -0.476 e. The molecule has 1 aromatic heterocycles. The van der Waals surface area contributed by atoms with E-state index in [2.05, 4.69) is 14.7 Å². The molecule has 3 rings (SSSR count). The Balaban J connectivity index is 1.73. The molecule has 0 unspecified atom stereocenters.